The second kappa shape index (κ2) is 8.83. The molecular formula is C27H23ClN2O3. The number of imide groups is 1. The Morgan fingerprint density at radius 2 is 1.48 bits per heavy atom. The van der Waals surface area contributed by atoms with Gasteiger partial charge in [-0.05, 0) is 67.1 Å². The van der Waals surface area contributed by atoms with Gasteiger partial charge in [-0.3, -0.25) is 19.3 Å². The van der Waals surface area contributed by atoms with Crippen molar-refractivity contribution in [3.8, 4) is 0 Å². The second-order valence-electron chi connectivity index (χ2n) is 8.63. The average molecular weight is 459 g/mol. The summed E-state index contributed by atoms with van der Waals surface area (Å²) >= 11 is 6.11. The first kappa shape index (κ1) is 21.4. The van der Waals surface area contributed by atoms with E-state index in [1.807, 2.05) is 18.2 Å². The highest BCUT2D eigenvalue weighted by atomic mass is 35.5. The van der Waals surface area contributed by atoms with E-state index in [0.717, 1.165) is 6.42 Å². The summed E-state index contributed by atoms with van der Waals surface area (Å²) in [4.78, 5) is 40.2. The maximum Gasteiger partial charge on any atom is 0.255 e. The van der Waals surface area contributed by atoms with E-state index in [9.17, 15) is 14.4 Å². The summed E-state index contributed by atoms with van der Waals surface area (Å²) in [6.45, 7) is 0. The van der Waals surface area contributed by atoms with Crippen LogP contribution in [0.4, 0.5) is 11.4 Å². The van der Waals surface area contributed by atoms with E-state index in [1.54, 1.807) is 48.5 Å². The first-order valence-electron chi connectivity index (χ1n) is 11.1. The number of hydrogen-bond donors (Lipinski definition) is 1. The zero-order valence-electron chi connectivity index (χ0n) is 17.9. The highest BCUT2D eigenvalue weighted by Crippen LogP contribution is 2.45. The maximum absolute atomic E-state index is 13.2. The Balaban J connectivity index is 1.31. The number of para-hydroxylation sites is 1. The molecule has 166 valence electrons. The van der Waals surface area contributed by atoms with Gasteiger partial charge in [0.1, 0.15) is 0 Å². The molecule has 3 atom stereocenters. The zero-order chi connectivity index (χ0) is 22.9. The fourth-order valence-corrected chi connectivity index (χ4v) is 5.16. The van der Waals surface area contributed by atoms with Crippen molar-refractivity contribution in [3.05, 3.63) is 95.0 Å². The summed E-state index contributed by atoms with van der Waals surface area (Å²) < 4.78 is 0. The van der Waals surface area contributed by atoms with Crippen molar-refractivity contribution in [1.29, 1.82) is 0 Å². The Hall–Kier alpha value is -3.44. The number of carbonyl (C=O) groups excluding carboxylic acids is 3. The zero-order valence-corrected chi connectivity index (χ0v) is 18.7. The SMILES string of the molecule is O=C(Nc1ccccc1Cl)c1ccc(N2C(=O)[C@H]3CC[C@@H](c4ccccc4)C[C@@H]3C2=O)cc1. The number of nitrogens with one attached hydrogen (secondary N) is 1. The van der Waals surface area contributed by atoms with Gasteiger partial charge in [-0.15, -0.1) is 0 Å². The average Bonchev–Trinajstić information content (AvgIpc) is 3.10. The topological polar surface area (TPSA) is 66.5 Å². The Morgan fingerprint density at radius 3 is 2.21 bits per heavy atom. The summed E-state index contributed by atoms with van der Waals surface area (Å²) in [6.07, 6.45) is 2.30. The fourth-order valence-electron chi connectivity index (χ4n) is 4.98. The minimum absolute atomic E-state index is 0.134. The summed E-state index contributed by atoms with van der Waals surface area (Å²) in [5, 5.41) is 3.23. The van der Waals surface area contributed by atoms with Crippen LogP contribution in [0.1, 0.15) is 41.1 Å². The Morgan fingerprint density at radius 1 is 0.818 bits per heavy atom. The molecule has 5 nitrogen and oxygen atoms in total. The number of amides is 3. The minimum Gasteiger partial charge on any atom is -0.321 e. The first-order chi connectivity index (χ1) is 16.0. The van der Waals surface area contributed by atoms with E-state index < -0.39 is 0 Å². The van der Waals surface area contributed by atoms with Gasteiger partial charge in [0, 0.05) is 5.56 Å². The smallest absolute Gasteiger partial charge is 0.255 e. The molecule has 1 saturated carbocycles. The number of halogens is 1. The normalized spacial score (nSPS) is 22.2. The summed E-state index contributed by atoms with van der Waals surface area (Å²) in [5.74, 6) is -0.850. The predicted octanol–water partition coefficient (Wildman–Crippen LogP) is 5.67. The summed E-state index contributed by atoms with van der Waals surface area (Å²) in [5.41, 5.74) is 2.67. The van der Waals surface area contributed by atoms with Crippen LogP contribution in [0.3, 0.4) is 0 Å². The van der Waals surface area contributed by atoms with E-state index >= 15 is 0 Å². The van der Waals surface area contributed by atoms with E-state index in [0.29, 0.717) is 40.7 Å². The van der Waals surface area contributed by atoms with Gasteiger partial charge in [0.05, 0.1) is 28.2 Å². The molecule has 0 bridgehead atoms. The third-order valence-corrected chi connectivity index (χ3v) is 7.04. The van der Waals surface area contributed by atoms with Gasteiger partial charge >= 0.3 is 0 Å². The Labute approximate surface area is 197 Å². The van der Waals surface area contributed by atoms with Crippen LogP contribution in [0.15, 0.2) is 78.9 Å². The van der Waals surface area contributed by atoms with Crippen LogP contribution in [-0.2, 0) is 9.59 Å². The molecule has 0 aromatic heterocycles. The molecule has 1 aliphatic carbocycles. The standard InChI is InChI=1S/C27H23ClN2O3/c28-23-8-4-5-9-24(23)29-25(31)18-10-13-20(14-11-18)30-26(32)21-15-12-19(16-22(21)27(30)33)17-6-2-1-3-7-17/h1-11,13-14,19,21-22H,12,15-16H2,(H,29,31)/t19-,21+,22+/m1/s1. The number of carbonyl (C=O) groups is 3. The van der Waals surface area contributed by atoms with E-state index in [4.69, 9.17) is 11.6 Å². The molecule has 1 aliphatic heterocycles. The van der Waals surface area contributed by atoms with Crippen molar-refractivity contribution in [2.45, 2.75) is 25.2 Å². The molecule has 0 radical (unpaired) electrons. The van der Waals surface area contributed by atoms with Gasteiger partial charge in [-0.1, -0.05) is 54.1 Å². The van der Waals surface area contributed by atoms with Crippen LogP contribution in [-0.4, -0.2) is 17.7 Å². The lowest BCUT2D eigenvalue weighted by Crippen LogP contribution is -2.30. The van der Waals surface area contributed by atoms with Crippen molar-refractivity contribution in [2.24, 2.45) is 11.8 Å². The number of benzene rings is 3. The predicted molar refractivity (Wildman–Crippen MR) is 128 cm³/mol. The lowest BCUT2D eigenvalue weighted by atomic mass is 9.73. The van der Waals surface area contributed by atoms with Gasteiger partial charge in [0.2, 0.25) is 11.8 Å². The molecule has 2 aliphatic rings. The van der Waals surface area contributed by atoms with Crippen LogP contribution < -0.4 is 10.2 Å². The number of rotatable bonds is 4. The quantitative estimate of drug-likeness (QED) is 0.512. The van der Waals surface area contributed by atoms with E-state index in [-0.39, 0.29) is 29.6 Å². The highest BCUT2D eigenvalue weighted by molar-refractivity contribution is 6.33. The third-order valence-electron chi connectivity index (χ3n) is 6.71. The molecule has 33 heavy (non-hydrogen) atoms. The molecule has 3 aromatic carbocycles. The van der Waals surface area contributed by atoms with Crippen molar-refractivity contribution in [3.63, 3.8) is 0 Å². The van der Waals surface area contributed by atoms with Crippen molar-refractivity contribution < 1.29 is 14.4 Å². The highest BCUT2D eigenvalue weighted by Gasteiger charge is 2.50. The Bertz CT molecular complexity index is 1210. The number of anilines is 2. The molecule has 3 aromatic rings. The van der Waals surface area contributed by atoms with Crippen molar-refractivity contribution in [1.82, 2.24) is 0 Å². The molecular weight excluding hydrogens is 436 g/mol. The lowest BCUT2D eigenvalue weighted by Gasteiger charge is -2.28. The molecule has 5 rings (SSSR count). The molecule has 0 spiro atoms. The third kappa shape index (κ3) is 4.05. The van der Waals surface area contributed by atoms with Gasteiger partial charge < -0.3 is 5.32 Å². The molecule has 1 saturated heterocycles. The van der Waals surface area contributed by atoms with Crippen LogP contribution in [0.2, 0.25) is 5.02 Å². The molecule has 2 fully saturated rings. The molecule has 0 unspecified atom stereocenters. The fraction of sp³-hybridized carbons (Fsp3) is 0.222. The number of hydrogen-bond acceptors (Lipinski definition) is 3. The van der Waals surface area contributed by atoms with Crippen molar-refractivity contribution in [2.75, 3.05) is 10.2 Å². The van der Waals surface area contributed by atoms with Crippen LogP contribution in [0.25, 0.3) is 0 Å². The van der Waals surface area contributed by atoms with Gasteiger partial charge in [-0.2, -0.15) is 0 Å². The molecule has 1 N–H and O–H groups in total. The molecule has 1 heterocycles. The monoisotopic (exact) mass is 458 g/mol. The number of nitrogens with zero attached hydrogens (tertiary/aromatic N) is 1. The summed E-state index contributed by atoms with van der Waals surface area (Å²) in [6, 6.07) is 23.8. The minimum atomic E-state index is -0.312. The van der Waals surface area contributed by atoms with Gasteiger partial charge in [-0.25, -0.2) is 0 Å². The van der Waals surface area contributed by atoms with Gasteiger partial charge in [0.25, 0.3) is 5.91 Å². The van der Waals surface area contributed by atoms with Crippen molar-refractivity contribution >= 4 is 40.7 Å². The second-order valence-corrected chi connectivity index (χ2v) is 9.03. The summed E-state index contributed by atoms with van der Waals surface area (Å²) in [7, 11) is 0. The first-order valence-corrected chi connectivity index (χ1v) is 11.5. The van der Waals surface area contributed by atoms with E-state index in [2.05, 4.69) is 17.4 Å². The van der Waals surface area contributed by atoms with Crippen LogP contribution in [0.5, 0.6) is 0 Å². The van der Waals surface area contributed by atoms with Crippen LogP contribution >= 0.6 is 11.6 Å². The van der Waals surface area contributed by atoms with Crippen LogP contribution in [0, 0.1) is 11.8 Å². The van der Waals surface area contributed by atoms with E-state index in [1.165, 1.54) is 10.5 Å². The lowest BCUT2D eigenvalue weighted by molar-refractivity contribution is -0.122. The Kier molecular flexibility index (Phi) is 5.73. The molecule has 6 heteroatoms. The molecule has 3 amide bonds. The van der Waals surface area contributed by atoms with Gasteiger partial charge in [0.15, 0.2) is 0 Å². The maximum atomic E-state index is 13.2. The number of fused-ring (bicyclic) bond motifs is 1. The largest absolute Gasteiger partial charge is 0.321 e.